The van der Waals surface area contributed by atoms with Crippen molar-refractivity contribution >= 4 is 29.3 Å². The zero-order valence-corrected chi connectivity index (χ0v) is 20.6. The molecule has 1 aliphatic rings. The summed E-state index contributed by atoms with van der Waals surface area (Å²) in [4.78, 5) is 12.2. The van der Waals surface area contributed by atoms with Crippen molar-refractivity contribution in [1.82, 2.24) is 0 Å². The van der Waals surface area contributed by atoms with E-state index in [1.54, 1.807) is 27.2 Å². The molecule has 5 atom stereocenters. The third-order valence-corrected chi connectivity index (χ3v) is 12.7. The van der Waals surface area contributed by atoms with Gasteiger partial charge < -0.3 is 18.5 Å². The maximum absolute atomic E-state index is 12.7. The van der Waals surface area contributed by atoms with Gasteiger partial charge >= 0.3 is 5.97 Å². The Morgan fingerprint density at radius 3 is 2.15 bits per heavy atom. The van der Waals surface area contributed by atoms with E-state index in [1.165, 1.54) is 0 Å². The molecule has 2 unspecified atom stereocenters. The second-order valence-electron chi connectivity index (χ2n) is 10.0. The fourth-order valence-corrected chi connectivity index (χ4v) is 5.00. The highest BCUT2D eigenvalue weighted by atomic mass is 31.2. The summed E-state index contributed by atoms with van der Waals surface area (Å²) in [6, 6.07) is -0.579. The van der Waals surface area contributed by atoms with E-state index in [2.05, 4.69) is 33.9 Å². The Bertz CT molecular complexity index is 569. The molecule has 0 aliphatic carbocycles. The van der Waals surface area contributed by atoms with Crippen LogP contribution in [0.4, 0.5) is 0 Å². The molecule has 0 spiro atoms. The summed E-state index contributed by atoms with van der Waals surface area (Å²) in [5, 5.41) is 0.0597. The first-order chi connectivity index (χ1) is 12.0. The molecule has 0 aromatic rings. The van der Waals surface area contributed by atoms with Crippen LogP contribution in [0.15, 0.2) is 0 Å². The third-order valence-electron chi connectivity index (χ3n) is 5.96. The zero-order valence-electron chi connectivity index (χ0n) is 18.7. The highest BCUT2D eigenvalue weighted by molar-refractivity contribution is 7.63. The normalized spacial score (nSPS) is 26.9. The van der Waals surface area contributed by atoms with Crippen LogP contribution in [0.1, 0.15) is 48.0 Å². The van der Waals surface area contributed by atoms with Gasteiger partial charge in [0.15, 0.2) is 8.32 Å². The summed E-state index contributed by atoms with van der Waals surface area (Å²) in [6.07, 6.45) is -0.731. The van der Waals surface area contributed by atoms with E-state index in [1.807, 2.05) is 6.92 Å². The van der Waals surface area contributed by atoms with E-state index >= 15 is 0 Å². The molecule has 1 aliphatic heterocycles. The summed E-state index contributed by atoms with van der Waals surface area (Å²) >= 11 is 0. The Balaban J connectivity index is 3.01. The van der Waals surface area contributed by atoms with Crippen LogP contribution in [0, 0.1) is 5.92 Å². The van der Waals surface area contributed by atoms with Crippen LogP contribution >= 0.6 is 7.14 Å². The molecule has 0 bridgehead atoms. The summed E-state index contributed by atoms with van der Waals surface area (Å²) in [6.45, 7) is 19.7. The topological polar surface area (TPSA) is 61.8 Å². The van der Waals surface area contributed by atoms with Crippen molar-refractivity contribution in [3.05, 3.63) is 0 Å². The molecule has 27 heavy (non-hydrogen) atoms. The molecule has 8 heteroatoms. The molecule has 156 valence electrons. The van der Waals surface area contributed by atoms with Gasteiger partial charge in [-0.15, -0.1) is 0 Å². The Morgan fingerprint density at radius 1 is 1.22 bits per heavy atom. The summed E-state index contributed by atoms with van der Waals surface area (Å²) in [5.74, 6) is -0.576. The second-order valence-corrected chi connectivity index (χ2v) is 18.5. The van der Waals surface area contributed by atoms with Crippen molar-refractivity contribution < 1.29 is 23.3 Å². The van der Waals surface area contributed by atoms with Crippen LogP contribution in [-0.2, 0) is 23.3 Å². The van der Waals surface area contributed by atoms with Gasteiger partial charge in [0.2, 0.25) is 0 Å². The molecule has 0 N–H and O–H groups in total. The molecule has 0 aromatic heterocycles. The molecule has 0 amide bonds. The summed E-state index contributed by atoms with van der Waals surface area (Å²) in [5.41, 5.74) is -0.316. The minimum atomic E-state index is -2.49. The van der Waals surface area contributed by atoms with Crippen molar-refractivity contribution in [3.63, 3.8) is 0 Å². The van der Waals surface area contributed by atoms with E-state index in [0.717, 1.165) is 0 Å². The number of carbonyl (C=O) groups excluding carboxylic acids is 1. The van der Waals surface area contributed by atoms with Crippen molar-refractivity contribution in [3.8, 4) is 0 Å². The average molecular weight is 416 g/mol. The van der Waals surface area contributed by atoms with Crippen LogP contribution in [0.3, 0.4) is 0 Å². The lowest BCUT2D eigenvalue weighted by atomic mass is 9.94. The first kappa shape index (κ1) is 24.9. The van der Waals surface area contributed by atoms with Gasteiger partial charge in [0.1, 0.15) is 14.0 Å². The van der Waals surface area contributed by atoms with Crippen molar-refractivity contribution in [2.24, 2.45) is 5.92 Å². The minimum Gasteiger partial charge on any atom is -0.459 e. The zero-order chi connectivity index (χ0) is 21.4. The maximum atomic E-state index is 12.7. The quantitative estimate of drug-likeness (QED) is 0.353. The Kier molecular flexibility index (Phi) is 8.06. The predicted molar refractivity (Wildman–Crippen MR) is 115 cm³/mol. The van der Waals surface area contributed by atoms with Gasteiger partial charge in [-0.2, -0.15) is 0 Å². The number of rotatable bonds is 7. The van der Waals surface area contributed by atoms with E-state index in [9.17, 15) is 9.36 Å². The van der Waals surface area contributed by atoms with E-state index in [-0.39, 0.29) is 28.7 Å². The SMILES string of the molecule is [B][C@@H]1O[C@H](C(OC(=O)C(C)C)C(C)P(C)(C)=O)C[C@@H]1O[Si](C)(C)C(C)(C)C. The van der Waals surface area contributed by atoms with Gasteiger partial charge in [-0.3, -0.25) is 4.79 Å². The molecule has 1 fully saturated rings. The number of hydrogen-bond donors (Lipinski definition) is 0. The van der Waals surface area contributed by atoms with Gasteiger partial charge in [0.05, 0.1) is 25.3 Å². The minimum absolute atomic E-state index is 0.0597. The van der Waals surface area contributed by atoms with Gasteiger partial charge in [0.25, 0.3) is 0 Å². The fraction of sp³-hybridized carbons (Fsp3) is 0.947. The summed E-state index contributed by atoms with van der Waals surface area (Å²) in [7, 11) is 1.72. The molecule has 1 heterocycles. The Labute approximate surface area is 168 Å². The van der Waals surface area contributed by atoms with Crippen molar-refractivity contribution in [2.75, 3.05) is 13.3 Å². The highest BCUT2D eigenvalue weighted by Gasteiger charge is 2.47. The van der Waals surface area contributed by atoms with Crippen LogP contribution in [0.2, 0.25) is 18.1 Å². The van der Waals surface area contributed by atoms with E-state index in [0.29, 0.717) is 6.42 Å². The lowest BCUT2D eigenvalue weighted by molar-refractivity contribution is -0.159. The molecule has 0 saturated carbocycles. The standard InChI is InChI=1S/C19H38BO5PSi/c1-12(2)18(21)24-16(13(3)26(7,8)22)14-11-15(17(20)23-14)25-27(9,10)19(4,5)6/h12-17H,11H2,1-10H3/t13?,14-,15-,16?,17+/m0/s1. The Morgan fingerprint density at radius 2 is 1.74 bits per heavy atom. The van der Waals surface area contributed by atoms with Crippen LogP contribution in [0.25, 0.3) is 0 Å². The number of esters is 1. The monoisotopic (exact) mass is 416 g/mol. The lowest BCUT2D eigenvalue weighted by Gasteiger charge is -2.39. The second kappa shape index (κ2) is 8.73. The molecule has 2 radical (unpaired) electrons. The highest BCUT2D eigenvalue weighted by Crippen LogP contribution is 2.47. The maximum Gasteiger partial charge on any atom is 0.308 e. The van der Waals surface area contributed by atoms with Crippen molar-refractivity contribution in [1.29, 1.82) is 0 Å². The smallest absolute Gasteiger partial charge is 0.308 e. The number of hydrogen-bond acceptors (Lipinski definition) is 5. The molecular formula is C19H38BO5PSi. The largest absolute Gasteiger partial charge is 0.459 e. The van der Waals surface area contributed by atoms with Crippen LogP contribution in [-0.4, -0.2) is 65.4 Å². The Hall–Kier alpha value is -0.0982. The third kappa shape index (κ3) is 6.45. The van der Waals surface area contributed by atoms with Gasteiger partial charge in [0, 0.05) is 18.1 Å². The van der Waals surface area contributed by atoms with Crippen molar-refractivity contribution in [2.45, 2.75) is 96.1 Å². The first-order valence-corrected chi connectivity index (χ1v) is 15.4. The molecule has 0 aromatic carbocycles. The number of carbonyl (C=O) groups is 1. The van der Waals surface area contributed by atoms with Crippen LogP contribution < -0.4 is 0 Å². The number of ether oxygens (including phenoxy) is 2. The van der Waals surface area contributed by atoms with Gasteiger partial charge in [-0.05, 0) is 31.5 Å². The van der Waals surface area contributed by atoms with E-state index in [4.69, 9.17) is 21.7 Å². The van der Waals surface area contributed by atoms with Gasteiger partial charge in [-0.25, -0.2) is 0 Å². The molecule has 5 nitrogen and oxygen atoms in total. The molecule has 1 rings (SSSR count). The molecular weight excluding hydrogens is 378 g/mol. The summed E-state index contributed by atoms with van der Waals surface area (Å²) < 4.78 is 30.8. The fourth-order valence-electron chi connectivity index (χ4n) is 2.70. The van der Waals surface area contributed by atoms with Gasteiger partial charge in [-0.1, -0.05) is 41.5 Å². The van der Waals surface area contributed by atoms with E-state index < -0.39 is 33.7 Å². The predicted octanol–water partition coefficient (Wildman–Crippen LogP) is 4.24. The van der Waals surface area contributed by atoms with Crippen LogP contribution in [0.5, 0.6) is 0 Å². The first-order valence-electron chi connectivity index (χ1n) is 9.81. The molecule has 1 saturated heterocycles. The average Bonchev–Trinajstić information content (AvgIpc) is 2.81. The lowest BCUT2D eigenvalue weighted by Crippen LogP contribution is -2.46.